The molecule has 2 aliphatic heterocycles. The van der Waals surface area contributed by atoms with Crippen LogP contribution in [0.15, 0.2) is 16.9 Å². The predicted octanol–water partition coefficient (Wildman–Crippen LogP) is 2.27. The molecule has 8 heteroatoms. The van der Waals surface area contributed by atoms with Crippen molar-refractivity contribution in [1.29, 1.82) is 0 Å². The Morgan fingerprint density at radius 3 is 2.73 bits per heavy atom. The highest BCUT2D eigenvalue weighted by atomic mass is 19.1. The normalized spacial score (nSPS) is 16.5. The van der Waals surface area contributed by atoms with Crippen LogP contribution >= 0.6 is 0 Å². The maximum atomic E-state index is 14.6. The van der Waals surface area contributed by atoms with E-state index in [2.05, 4.69) is 9.97 Å². The van der Waals surface area contributed by atoms with Crippen LogP contribution < -0.4 is 15.4 Å². The van der Waals surface area contributed by atoms with Gasteiger partial charge in [0.15, 0.2) is 0 Å². The molecular formula is C22H27FN4O3. The second-order valence-corrected chi connectivity index (χ2v) is 7.96. The van der Waals surface area contributed by atoms with Crippen molar-refractivity contribution in [3.05, 3.63) is 50.7 Å². The van der Waals surface area contributed by atoms with Gasteiger partial charge in [-0.25, -0.2) is 9.37 Å². The van der Waals surface area contributed by atoms with E-state index in [1.165, 1.54) is 11.0 Å². The quantitative estimate of drug-likeness (QED) is 0.831. The number of halogens is 1. The molecule has 1 fully saturated rings. The van der Waals surface area contributed by atoms with Crippen LogP contribution in [0.25, 0.3) is 0 Å². The predicted molar refractivity (Wildman–Crippen MR) is 113 cm³/mol. The van der Waals surface area contributed by atoms with Gasteiger partial charge in [0.05, 0.1) is 18.9 Å². The molecule has 0 atom stereocenters. The summed E-state index contributed by atoms with van der Waals surface area (Å²) in [7, 11) is 0. The smallest absolute Gasteiger partial charge is 0.255 e. The molecule has 3 heterocycles. The van der Waals surface area contributed by atoms with Gasteiger partial charge in [-0.2, -0.15) is 0 Å². The second-order valence-electron chi connectivity index (χ2n) is 7.96. The molecule has 0 bridgehead atoms. The largest absolute Gasteiger partial charge is 0.378 e. The van der Waals surface area contributed by atoms with Gasteiger partial charge in [0.2, 0.25) is 11.9 Å². The van der Waals surface area contributed by atoms with Gasteiger partial charge in [-0.15, -0.1) is 0 Å². The Kier molecular flexibility index (Phi) is 5.85. The van der Waals surface area contributed by atoms with Crippen LogP contribution in [-0.4, -0.2) is 48.7 Å². The molecule has 0 spiro atoms. The van der Waals surface area contributed by atoms with Crippen LogP contribution in [0.1, 0.15) is 35.2 Å². The SMILES string of the molecule is Cc1cc(F)c2c(c1)CCCN2C(=O)CCc1c(C)nc(N2CCOCC2)[nH]c1=O. The Labute approximate surface area is 174 Å². The van der Waals surface area contributed by atoms with E-state index in [1.54, 1.807) is 6.92 Å². The zero-order chi connectivity index (χ0) is 21.3. The van der Waals surface area contributed by atoms with Crippen LogP contribution in [0.2, 0.25) is 0 Å². The fourth-order valence-electron chi connectivity index (χ4n) is 4.27. The van der Waals surface area contributed by atoms with E-state index in [1.807, 2.05) is 17.9 Å². The number of aryl methyl sites for hydroxylation is 3. The lowest BCUT2D eigenvalue weighted by Crippen LogP contribution is -2.39. The number of anilines is 2. The Hall–Kier alpha value is -2.74. The molecule has 1 N–H and O–H groups in total. The van der Waals surface area contributed by atoms with Crippen molar-refractivity contribution in [2.24, 2.45) is 0 Å². The highest BCUT2D eigenvalue weighted by Gasteiger charge is 2.26. The van der Waals surface area contributed by atoms with Gasteiger partial charge >= 0.3 is 0 Å². The molecule has 2 aliphatic rings. The average molecular weight is 414 g/mol. The van der Waals surface area contributed by atoms with E-state index in [9.17, 15) is 14.0 Å². The molecule has 1 aromatic carbocycles. The molecule has 0 unspecified atom stereocenters. The third kappa shape index (κ3) is 4.09. The summed E-state index contributed by atoms with van der Waals surface area (Å²) < 4.78 is 19.9. The zero-order valence-corrected chi connectivity index (χ0v) is 17.5. The minimum atomic E-state index is -0.358. The molecule has 1 saturated heterocycles. The topological polar surface area (TPSA) is 78.5 Å². The molecule has 0 radical (unpaired) electrons. The third-order valence-corrected chi connectivity index (χ3v) is 5.79. The number of H-pyrrole nitrogens is 1. The van der Waals surface area contributed by atoms with E-state index >= 15 is 0 Å². The molecule has 1 amide bonds. The summed E-state index contributed by atoms with van der Waals surface area (Å²) in [5.74, 6) is 0.0108. The first-order chi connectivity index (χ1) is 14.4. The van der Waals surface area contributed by atoms with Gasteiger partial charge in [0.1, 0.15) is 5.82 Å². The number of nitrogens with one attached hydrogen (secondary N) is 1. The minimum absolute atomic E-state index is 0.134. The summed E-state index contributed by atoms with van der Waals surface area (Å²) >= 11 is 0. The Bertz CT molecular complexity index is 1010. The zero-order valence-electron chi connectivity index (χ0n) is 17.5. The van der Waals surface area contributed by atoms with Gasteiger partial charge in [-0.1, -0.05) is 6.07 Å². The first-order valence-electron chi connectivity index (χ1n) is 10.5. The number of hydrogen-bond donors (Lipinski definition) is 1. The Balaban J connectivity index is 1.49. The molecule has 1 aromatic heterocycles. The number of aromatic nitrogens is 2. The lowest BCUT2D eigenvalue weighted by Gasteiger charge is -2.30. The number of ether oxygens (including phenoxy) is 1. The Morgan fingerprint density at radius 1 is 1.23 bits per heavy atom. The van der Waals surface area contributed by atoms with E-state index in [-0.39, 0.29) is 30.1 Å². The van der Waals surface area contributed by atoms with E-state index < -0.39 is 0 Å². The summed E-state index contributed by atoms with van der Waals surface area (Å²) in [6.07, 6.45) is 1.98. The molecule has 160 valence electrons. The average Bonchev–Trinajstić information content (AvgIpc) is 2.72. The maximum Gasteiger partial charge on any atom is 0.255 e. The first-order valence-corrected chi connectivity index (χ1v) is 10.5. The molecule has 7 nitrogen and oxygen atoms in total. The first kappa shape index (κ1) is 20.5. The maximum absolute atomic E-state index is 14.6. The number of carbonyl (C=O) groups is 1. The van der Waals surface area contributed by atoms with E-state index in [0.717, 1.165) is 24.0 Å². The molecule has 0 aliphatic carbocycles. The molecular weight excluding hydrogens is 387 g/mol. The van der Waals surface area contributed by atoms with Gasteiger partial charge in [-0.05, 0) is 50.3 Å². The number of morpholine rings is 1. The van der Waals surface area contributed by atoms with Crippen LogP contribution in [0.3, 0.4) is 0 Å². The summed E-state index contributed by atoms with van der Waals surface area (Å²) in [5.41, 5.74) is 3.02. The van der Waals surface area contributed by atoms with Crippen molar-refractivity contribution in [2.75, 3.05) is 42.6 Å². The number of hydrogen-bond acceptors (Lipinski definition) is 5. The highest BCUT2D eigenvalue weighted by Crippen LogP contribution is 2.31. The molecule has 2 aromatic rings. The van der Waals surface area contributed by atoms with Crippen molar-refractivity contribution in [3.8, 4) is 0 Å². The minimum Gasteiger partial charge on any atom is -0.378 e. The number of aromatic amines is 1. The third-order valence-electron chi connectivity index (χ3n) is 5.79. The van der Waals surface area contributed by atoms with Crippen LogP contribution in [0, 0.1) is 19.7 Å². The van der Waals surface area contributed by atoms with Gasteiger partial charge < -0.3 is 14.5 Å². The van der Waals surface area contributed by atoms with Crippen molar-refractivity contribution >= 4 is 17.5 Å². The monoisotopic (exact) mass is 414 g/mol. The van der Waals surface area contributed by atoms with Crippen molar-refractivity contribution < 1.29 is 13.9 Å². The summed E-state index contributed by atoms with van der Waals surface area (Å²) in [6, 6.07) is 3.41. The van der Waals surface area contributed by atoms with Gasteiger partial charge in [0, 0.05) is 37.3 Å². The van der Waals surface area contributed by atoms with Gasteiger partial charge in [-0.3, -0.25) is 14.6 Å². The number of nitrogens with zero attached hydrogens (tertiary/aromatic N) is 3. The molecule has 30 heavy (non-hydrogen) atoms. The Morgan fingerprint density at radius 2 is 2.00 bits per heavy atom. The fraction of sp³-hybridized carbons (Fsp3) is 0.500. The number of amides is 1. The van der Waals surface area contributed by atoms with Crippen molar-refractivity contribution in [3.63, 3.8) is 0 Å². The van der Waals surface area contributed by atoms with Crippen LogP contribution in [0.4, 0.5) is 16.0 Å². The van der Waals surface area contributed by atoms with Crippen molar-refractivity contribution in [1.82, 2.24) is 9.97 Å². The highest BCUT2D eigenvalue weighted by molar-refractivity contribution is 5.95. The standard InChI is InChI=1S/C22H27FN4O3/c1-14-12-16-4-3-7-27(20(16)18(23)13-14)19(28)6-5-17-15(2)24-22(25-21(17)29)26-8-10-30-11-9-26/h12-13H,3-11H2,1-2H3,(H,24,25,29). The lowest BCUT2D eigenvalue weighted by molar-refractivity contribution is -0.118. The summed E-state index contributed by atoms with van der Waals surface area (Å²) in [4.78, 5) is 36.5. The van der Waals surface area contributed by atoms with Crippen LogP contribution in [0.5, 0.6) is 0 Å². The summed E-state index contributed by atoms with van der Waals surface area (Å²) in [6.45, 7) is 6.71. The molecule has 0 saturated carbocycles. The van der Waals surface area contributed by atoms with Crippen LogP contribution in [-0.2, 0) is 22.4 Å². The van der Waals surface area contributed by atoms with Crippen molar-refractivity contribution in [2.45, 2.75) is 39.5 Å². The summed E-state index contributed by atoms with van der Waals surface area (Å²) in [5, 5.41) is 0. The number of fused-ring (bicyclic) bond motifs is 1. The molecule has 4 rings (SSSR count). The lowest BCUT2D eigenvalue weighted by atomic mass is 9.98. The van der Waals surface area contributed by atoms with Gasteiger partial charge in [0.25, 0.3) is 5.56 Å². The number of rotatable bonds is 4. The van der Waals surface area contributed by atoms with E-state index in [0.29, 0.717) is 55.7 Å². The second kappa shape index (κ2) is 8.55. The van der Waals surface area contributed by atoms with E-state index in [4.69, 9.17) is 4.74 Å². The number of benzene rings is 1. The number of carbonyl (C=O) groups excluding carboxylic acids is 1. The fourth-order valence-corrected chi connectivity index (χ4v) is 4.27.